The molecule has 7 heteroatoms. The lowest BCUT2D eigenvalue weighted by molar-refractivity contribution is -0.118. The van der Waals surface area contributed by atoms with E-state index in [0.717, 1.165) is 5.56 Å². The molecule has 6 nitrogen and oxygen atoms in total. The molecule has 2 aromatic carbocycles. The van der Waals surface area contributed by atoms with E-state index in [0.29, 0.717) is 11.4 Å². The lowest BCUT2D eigenvalue weighted by Crippen LogP contribution is -2.33. The first-order valence-electron chi connectivity index (χ1n) is 8.27. The van der Waals surface area contributed by atoms with Crippen LogP contribution in [-0.4, -0.2) is 38.3 Å². The smallest absolute Gasteiger partial charge is 0.262 e. The number of aryl methyl sites for hydroxylation is 1. The van der Waals surface area contributed by atoms with E-state index < -0.39 is 10.0 Å². The molecule has 0 spiro atoms. The van der Waals surface area contributed by atoms with E-state index in [4.69, 9.17) is 4.74 Å². The normalized spacial score (nSPS) is 11.6. The molecule has 0 fully saturated rings. The third-order valence-electron chi connectivity index (χ3n) is 3.93. The highest BCUT2D eigenvalue weighted by Gasteiger charge is 2.22. The highest BCUT2D eigenvalue weighted by molar-refractivity contribution is 7.89. The van der Waals surface area contributed by atoms with Crippen molar-refractivity contribution in [3.63, 3.8) is 0 Å². The molecule has 140 valence electrons. The third kappa shape index (κ3) is 5.06. The quantitative estimate of drug-likeness (QED) is 0.806. The maximum absolute atomic E-state index is 12.4. The average Bonchev–Trinajstić information content (AvgIpc) is 2.61. The van der Waals surface area contributed by atoms with Crippen LogP contribution in [0.3, 0.4) is 0 Å². The third-order valence-corrected chi connectivity index (χ3v) is 5.98. The van der Waals surface area contributed by atoms with E-state index in [2.05, 4.69) is 5.32 Å². The van der Waals surface area contributed by atoms with Crippen molar-refractivity contribution in [1.29, 1.82) is 0 Å². The van der Waals surface area contributed by atoms with E-state index in [1.807, 2.05) is 19.1 Å². The molecule has 0 saturated heterocycles. The van der Waals surface area contributed by atoms with E-state index in [9.17, 15) is 13.2 Å². The Hall–Kier alpha value is -2.38. The molecule has 0 bridgehead atoms. The van der Waals surface area contributed by atoms with E-state index in [1.165, 1.54) is 23.5 Å². The molecule has 1 N–H and O–H groups in total. The average molecular weight is 376 g/mol. The van der Waals surface area contributed by atoms with Crippen molar-refractivity contribution in [2.75, 3.05) is 19.0 Å². The van der Waals surface area contributed by atoms with Crippen LogP contribution < -0.4 is 10.1 Å². The molecule has 26 heavy (non-hydrogen) atoms. The van der Waals surface area contributed by atoms with E-state index >= 15 is 0 Å². The number of nitrogens with zero attached hydrogens (tertiary/aromatic N) is 1. The fraction of sp³-hybridized carbons (Fsp3) is 0.316. The number of carbonyl (C=O) groups excluding carboxylic acids is 1. The minimum atomic E-state index is -3.54. The molecule has 0 aliphatic carbocycles. The maximum Gasteiger partial charge on any atom is 0.262 e. The van der Waals surface area contributed by atoms with Crippen molar-refractivity contribution in [3.8, 4) is 5.75 Å². The second-order valence-electron chi connectivity index (χ2n) is 6.29. The Labute approximate surface area is 154 Å². The number of benzene rings is 2. The van der Waals surface area contributed by atoms with Gasteiger partial charge in [-0.2, -0.15) is 4.31 Å². The van der Waals surface area contributed by atoms with Gasteiger partial charge in [-0.1, -0.05) is 17.7 Å². The summed E-state index contributed by atoms with van der Waals surface area (Å²) >= 11 is 0. The maximum atomic E-state index is 12.4. The van der Waals surface area contributed by atoms with Gasteiger partial charge in [0.25, 0.3) is 5.91 Å². The molecule has 0 aromatic heterocycles. The summed E-state index contributed by atoms with van der Waals surface area (Å²) in [6.45, 7) is 5.46. The molecule has 0 heterocycles. The Morgan fingerprint density at radius 2 is 1.65 bits per heavy atom. The first-order valence-corrected chi connectivity index (χ1v) is 9.71. The van der Waals surface area contributed by atoms with Gasteiger partial charge >= 0.3 is 0 Å². The van der Waals surface area contributed by atoms with Crippen molar-refractivity contribution in [2.24, 2.45) is 0 Å². The summed E-state index contributed by atoms with van der Waals surface area (Å²) in [6.07, 6.45) is 0. The monoisotopic (exact) mass is 376 g/mol. The van der Waals surface area contributed by atoms with E-state index in [-0.39, 0.29) is 23.5 Å². The highest BCUT2D eigenvalue weighted by Crippen LogP contribution is 2.19. The number of nitrogens with one attached hydrogen (secondary N) is 1. The summed E-state index contributed by atoms with van der Waals surface area (Å²) in [4.78, 5) is 12.2. The van der Waals surface area contributed by atoms with Crippen LogP contribution in [-0.2, 0) is 14.8 Å². The second-order valence-corrected chi connectivity index (χ2v) is 8.29. The van der Waals surface area contributed by atoms with Gasteiger partial charge in [-0.25, -0.2) is 8.42 Å². The van der Waals surface area contributed by atoms with Gasteiger partial charge in [0.05, 0.1) is 4.90 Å². The molecular formula is C19H24N2O4S. The number of anilines is 1. The summed E-state index contributed by atoms with van der Waals surface area (Å²) in [7, 11) is -2.00. The van der Waals surface area contributed by atoms with Gasteiger partial charge in [-0.15, -0.1) is 0 Å². The van der Waals surface area contributed by atoms with Crippen LogP contribution in [0.5, 0.6) is 5.75 Å². The molecular weight excluding hydrogens is 352 g/mol. The summed E-state index contributed by atoms with van der Waals surface area (Å²) in [5.41, 5.74) is 1.62. The molecule has 0 atom stereocenters. The molecule has 0 aliphatic heterocycles. The predicted octanol–water partition coefficient (Wildman–Crippen LogP) is 3.04. The topological polar surface area (TPSA) is 75.7 Å². The number of sulfonamides is 1. The van der Waals surface area contributed by atoms with Crippen molar-refractivity contribution >= 4 is 21.6 Å². The van der Waals surface area contributed by atoms with Crippen LogP contribution in [0.2, 0.25) is 0 Å². The van der Waals surface area contributed by atoms with Crippen molar-refractivity contribution in [1.82, 2.24) is 4.31 Å². The first kappa shape index (κ1) is 19.9. The lowest BCUT2D eigenvalue weighted by atomic mass is 10.2. The van der Waals surface area contributed by atoms with Crippen molar-refractivity contribution in [3.05, 3.63) is 54.1 Å². The zero-order chi connectivity index (χ0) is 19.3. The highest BCUT2D eigenvalue weighted by atomic mass is 32.2. The molecule has 0 radical (unpaired) electrons. The predicted molar refractivity (Wildman–Crippen MR) is 102 cm³/mol. The van der Waals surface area contributed by atoms with Crippen LogP contribution in [0, 0.1) is 6.92 Å². The van der Waals surface area contributed by atoms with Crippen molar-refractivity contribution < 1.29 is 17.9 Å². The SMILES string of the molecule is Cc1ccc(OCC(=O)Nc2ccc(S(=O)(=O)N(C)C(C)C)cc2)cc1. The zero-order valence-corrected chi connectivity index (χ0v) is 16.2. The Kier molecular flexibility index (Phi) is 6.39. The van der Waals surface area contributed by atoms with Crippen LogP contribution in [0.15, 0.2) is 53.4 Å². The lowest BCUT2D eigenvalue weighted by Gasteiger charge is -2.21. The van der Waals surface area contributed by atoms with Crippen LogP contribution in [0.25, 0.3) is 0 Å². The second kappa shape index (κ2) is 8.33. The summed E-state index contributed by atoms with van der Waals surface area (Å²) in [6, 6.07) is 13.3. The number of hydrogen-bond donors (Lipinski definition) is 1. The number of rotatable bonds is 7. The summed E-state index contributed by atoms with van der Waals surface area (Å²) in [5.74, 6) is 0.296. The minimum Gasteiger partial charge on any atom is -0.484 e. The summed E-state index contributed by atoms with van der Waals surface area (Å²) < 4.78 is 31.5. The van der Waals surface area contributed by atoms with Gasteiger partial charge in [0, 0.05) is 18.8 Å². The molecule has 1 amide bonds. The van der Waals surface area contributed by atoms with Crippen LogP contribution in [0.4, 0.5) is 5.69 Å². The minimum absolute atomic E-state index is 0.126. The van der Waals surface area contributed by atoms with Gasteiger partial charge < -0.3 is 10.1 Å². The summed E-state index contributed by atoms with van der Waals surface area (Å²) in [5, 5.41) is 2.68. The Bertz CT molecular complexity index is 844. The number of amides is 1. The number of hydrogen-bond acceptors (Lipinski definition) is 4. The fourth-order valence-electron chi connectivity index (χ4n) is 2.13. The molecule has 0 aliphatic rings. The Balaban J connectivity index is 1.96. The van der Waals surface area contributed by atoms with Crippen LogP contribution in [0.1, 0.15) is 19.4 Å². The number of carbonyl (C=O) groups is 1. The molecule has 2 rings (SSSR count). The zero-order valence-electron chi connectivity index (χ0n) is 15.4. The molecule has 0 unspecified atom stereocenters. The Morgan fingerprint density at radius 3 is 2.19 bits per heavy atom. The largest absolute Gasteiger partial charge is 0.484 e. The molecule has 0 saturated carbocycles. The van der Waals surface area contributed by atoms with E-state index in [1.54, 1.807) is 38.1 Å². The standard InChI is InChI=1S/C19H24N2O4S/c1-14(2)21(4)26(23,24)18-11-7-16(8-12-18)20-19(22)13-25-17-9-5-15(3)6-10-17/h5-12,14H,13H2,1-4H3,(H,20,22). The van der Waals surface area contributed by atoms with Gasteiger partial charge in [0.2, 0.25) is 10.0 Å². The van der Waals surface area contributed by atoms with Gasteiger partial charge in [0.1, 0.15) is 5.75 Å². The number of ether oxygens (including phenoxy) is 1. The van der Waals surface area contributed by atoms with Gasteiger partial charge in [-0.3, -0.25) is 4.79 Å². The molecule has 2 aromatic rings. The van der Waals surface area contributed by atoms with Crippen molar-refractivity contribution in [2.45, 2.75) is 31.7 Å². The van der Waals surface area contributed by atoms with Gasteiger partial charge in [-0.05, 0) is 57.2 Å². The first-order chi connectivity index (χ1) is 12.2. The Morgan fingerprint density at radius 1 is 1.08 bits per heavy atom. The fourth-order valence-corrected chi connectivity index (χ4v) is 3.50. The van der Waals surface area contributed by atoms with Crippen LogP contribution >= 0.6 is 0 Å². The van der Waals surface area contributed by atoms with Gasteiger partial charge in [0.15, 0.2) is 6.61 Å².